The van der Waals surface area contributed by atoms with Crippen molar-refractivity contribution < 1.29 is 9.90 Å². The number of carbonyl (C=O) groups excluding carboxylic acids is 1. The average Bonchev–Trinajstić information content (AvgIpc) is 2.85. The number of carbonyl (C=O) groups is 1. The van der Waals surface area contributed by atoms with Crippen molar-refractivity contribution in [2.24, 2.45) is 5.41 Å². The summed E-state index contributed by atoms with van der Waals surface area (Å²) in [4.78, 5) is 13.7. The highest BCUT2D eigenvalue weighted by atomic mass is 16.3. The van der Waals surface area contributed by atoms with E-state index in [0.717, 1.165) is 51.6 Å². The summed E-state index contributed by atoms with van der Waals surface area (Å²) in [5, 5.41) is 13.4. The number of nitrogens with one attached hydrogen (secondary N) is 1. The van der Waals surface area contributed by atoms with Crippen LogP contribution in [0.4, 0.5) is 4.79 Å². The van der Waals surface area contributed by atoms with Gasteiger partial charge in [-0.2, -0.15) is 0 Å². The molecule has 0 aromatic carbocycles. The van der Waals surface area contributed by atoms with Crippen LogP contribution in [-0.2, 0) is 0 Å². The second-order valence-electron chi connectivity index (χ2n) is 6.74. The van der Waals surface area contributed by atoms with Crippen LogP contribution in [0.25, 0.3) is 0 Å². The van der Waals surface area contributed by atoms with Crippen LogP contribution in [0.3, 0.4) is 0 Å². The number of hydrogen-bond acceptors (Lipinski definition) is 2. The summed E-state index contributed by atoms with van der Waals surface area (Å²) in [7, 11) is 0. The van der Waals surface area contributed by atoms with Crippen molar-refractivity contribution in [1.29, 1.82) is 0 Å². The van der Waals surface area contributed by atoms with Gasteiger partial charge in [-0.15, -0.1) is 0 Å². The molecule has 0 radical (unpaired) electrons. The molecule has 4 nitrogen and oxygen atoms in total. The van der Waals surface area contributed by atoms with Crippen LogP contribution in [0.2, 0.25) is 0 Å². The molecule has 1 saturated carbocycles. The SMILES string of the molecule is CC1(C)CCC(O)(CNC(=O)N2CCCC2)CC1. The van der Waals surface area contributed by atoms with Gasteiger partial charge in [0, 0.05) is 19.6 Å². The maximum absolute atomic E-state index is 11.9. The van der Waals surface area contributed by atoms with E-state index in [1.54, 1.807) is 0 Å². The van der Waals surface area contributed by atoms with Gasteiger partial charge in [0.25, 0.3) is 0 Å². The van der Waals surface area contributed by atoms with Gasteiger partial charge >= 0.3 is 6.03 Å². The summed E-state index contributed by atoms with van der Waals surface area (Å²) in [6.45, 7) is 6.61. The van der Waals surface area contributed by atoms with Crippen molar-refractivity contribution >= 4 is 6.03 Å². The van der Waals surface area contributed by atoms with Crippen molar-refractivity contribution in [2.75, 3.05) is 19.6 Å². The Labute approximate surface area is 110 Å². The van der Waals surface area contributed by atoms with Gasteiger partial charge in [-0.25, -0.2) is 4.79 Å². The van der Waals surface area contributed by atoms with Crippen LogP contribution in [-0.4, -0.2) is 41.3 Å². The molecule has 0 spiro atoms. The molecule has 2 amide bonds. The van der Waals surface area contributed by atoms with E-state index in [4.69, 9.17) is 0 Å². The molecule has 0 atom stereocenters. The van der Waals surface area contributed by atoms with Gasteiger partial charge < -0.3 is 15.3 Å². The quantitative estimate of drug-likeness (QED) is 0.793. The molecule has 4 heteroatoms. The molecule has 2 fully saturated rings. The minimum atomic E-state index is -0.690. The zero-order valence-electron chi connectivity index (χ0n) is 11.7. The summed E-state index contributed by atoms with van der Waals surface area (Å²) in [6, 6.07) is -0.00856. The molecule has 18 heavy (non-hydrogen) atoms. The van der Waals surface area contributed by atoms with E-state index in [2.05, 4.69) is 19.2 Å². The maximum atomic E-state index is 11.9. The summed E-state index contributed by atoms with van der Waals surface area (Å²) >= 11 is 0. The van der Waals surface area contributed by atoms with Crippen LogP contribution >= 0.6 is 0 Å². The molecular weight excluding hydrogens is 228 g/mol. The summed E-state index contributed by atoms with van der Waals surface area (Å²) in [5.41, 5.74) is -0.351. The molecule has 1 aliphatic carbocycles. The highest BCUT2D eigenvalue weighted by Gasteiger charge is 2.37. The predicted molar refractivity (Wildman–Crippen MR) is 71.4 cm³/mol. The van der Waals surface area contributed by atoms with E-state index in [-0.39, 0.29) is 6.03 Å². The molecule has 0 bridgehead atoms. The molecule has 1 saturated heterocycles. The standard InChI is InChI=1S/C14H26N2O2/c1-13(2)5-7-14(18,8-6-13)11-15-12(17)16-9-3-4-10-16/h18H,3-11H2,1-2H3,(H,15,17). The van der Waals surface area contributed by atoms with E-state index < -0.39 is 5.60 Å². The number of urea groups is 1. The van der Waals surface area contributed by atoms with E-state index >= 15 is 0 Å². The number of hydrogen-bond donors (Lipinski definition) is 2. The number of rotatable bonds is 2. The monoisotopic (exact) mass is 254 g/mol. The molecular formula is C14H26N2O2. The Morgan fingerprint density at radius 3 is 2.28 bits per heavy atom. The largest absolute Gasteiger partial charge is 0.388 e. The Balaban J connectivity index is 1.77. The summed E-state index contributed by atoms with van der Waals surface area (Å²) in [6.07, 6.45) is 5.85. The Morgan fingerprint density at radius 1 is 1.17 bits per heavy atom. The highest BCUT2D eigenvalue weighted by molar-refractivity contribution is 5.74. The Hall–Kier alpha value is -0.770. The van der Waals surface area contributed by atoms with E-state index in [0.29, 0.717) is 12.0 Å². The van der Waals surface area contributed by atoms with Crippen molar-refractivity contribution in [3.05, 3.63) is 0 Å². The smallest absolute Gasteiger partial charge is 0.317 e. The van der Waals surface area contributed by atoms with Crippen LogP contribution in [0.15, 0.2) is 0 Å². The zero-order chi connectivity index (χ0) is 13.2. The molecule has 104 valence electrons. The first-order valence-electron chi connectivity index (χ1n) is 7.16. The van der Waals surface area contributed by atoms with E-state index in [1.165, 1.54) is 0 Å². The van der Waals surface area contributed by atoms with Gasteiger partial charge in [-0.3, -0.25) is 0 Å². The van der Waals surface area contributed by atoms with Crippen LogP contribution in [0, 0.1) is 5.41 Å². The highest BCUT2D eigenvalue weighted by Crippen LogP contribution is 2.39. The molecule has 0 aromatic rings. The average molecular weight is 254 g/mol. The number of amides is 2. The Bertz CT molecular complexity index is 299. The van der Waals surface area contributed by atoms with Crippen molar-refractivity contribution in [3.63, 3.8) is 0 Å². The van der Waals surface area contributed by atoms with Gasteiger partial charge in [0.1, 0.15) is 0 Å². The van der Waals surface area contributed by atoms with Crippen molar-refractivity contribution in [2.45, 2.75) is 58.0 Å². The van der Waals surface area contributed by atoms with E-state index in [9.17, 15) is 9.90 Å². The Kier molecular flexibility index (Phi) is 3.85. The minimum absolute atomic E-state index is 0.00856. The first-order valence-corrected chi connectivity index (χ1v) is 7.16. The lowest BCUT2D eigenvalue weighted by Crippen LogP contribution is -2.49. The molecule has 2 aliphatic rings. The predicted octanol–water partition coefficient (Wildman–Crippen LogP) is 2.12. The molecule has 0 aromatic heterocycles. The molecule has 0 unspecified atom stereocenters. The normalized spacial score (nSPS) is 26.1. The third-order valence-corrected chi connectivity index (χ3v) is 4.50. The lowest BCUT2D eigenvalue weighted by Gasteiger charge is -2.40. The third kappa shape index (κ3) is 3.37. The number of likely N-dealkylation sites (tertiary alicyclic amines) is 1. The van der Waals surface area contributed by atoms with Gasteiger partial charge in [0.05, 0.1) is 5.60 Å². The van der Waals surface area contributed by atoms with Gasteiger partial charge in [0.2, 0.25) is 0 Å². The zero-order valence-corrected chi connectivity index (χ0v) is 11.7. The molecule has 1 heterocycles. The van der Waals surface area contributed by atoms with Crippen LogP contribution in [0.5, 0.6) is 0 Å². The van der Waals surface area contributed by atoms with Gasteiger partial charge in [-0.1, -0.05) is 13.8 Å². The summed E-state index contributed by atoms with van der Waals surface area (Å²) < 4.78 is 0. The minimum Gasteiger partial charge on any atom is -0.388 e. The third-order valence-electron chi connectivity index (χ3n) is 4.50. The maximum Gasteiger partial charge on any atom is 0.317 e. The van der Waals surface area contributed by atoms with Crippen molar-refractivity contribution in [3.8, 4) is 0 Å². The fraction of sp³-hybridized carbons (Fsp3) is 0.929. The fourth-order valence-electron chi connectivity index (χ4n) is 2.84. The van der Waals surface area contributed by atoms with Crippen LogP contribution in [0.1, 0.15) is 52.4 Å². The lowest BCUT2D eigenvalue weighted by atomic mass is 9.71. The first kappa shape index (κ1) is 13.7. The van der Waals surface area contributed by atoms with Gasteiger partial charge in [-0.05, 0) is 43.9 Å². The first-order chi connectivity index (χ1) is 8.40. The molecule has 2 N–H and O–H groups in total. The summed E-state index contributed by atoms with van der Waals surface area (Å²) in [5.74, 6) is 0. The van der Waals surface area contributed by atoms with E-state index in [1.807, 2.05) is 4.90 Å². The number of aliphatic hydroxyl groups is 1. The van der Waals surface area contributed by atoms with Crippen molar-refractivity contribution in [1.82, 2.24) is 10.2 Å². The topological polar surface area (TPSA) is 52.6 Å². The lowest BCUT2D eigenvalue weighted by molar-refractivity contribution is -0.0228. The second-order valence-corrected chi connectivity index (χ2v) is 6.74. The second kappa shape index (κ2) is 5.08. The van der Waals surface area contributed by atoms with Gasteiger partial charge in [0.15, 0.2) is 0 Å². The number of nitrogens with zero attached hydrogens (tertiary/aromatic N) is 1. The Morgan fingerprint density at radius 2 is 1.72 bits per heavy atom. The van der Waals surface area contributed by atoms with Crippen LogP contribution < -0.4 is 5.32 Å². The molecule has 1 aliphatic heterocycles. The molecule has 2 rings (SSSR count). The fourth-order valence-corrected chi connectivity index (χ4v) is 2.84.